The monoisotopic (exact) mass is 400 g/mol. The molecule has 1 heterocycles. The Kier molecular flexibility index (Phi) is 6.50. The van der Waals surface area contributed by atoms with Crippen LogP contribution in [-0.4, -0.2) is 48.3 Å². The number of halogens is 3. The highest BCUT2D eigenvalue weighted by Crippen LogP contribution is 2.33. The summed E-state index contributed by atoms with van der Waals surface area (Å²) in [5.74, 6) is -0.572. The van der Waals surface area contributed by atoms with Gasteiger partial charge in [-0.1, -0.05) is 0 Å². The third-order valence-electron chi connectivity index (χ3n) is 5.98. The molecule has 156 valence electrons. The molecule has 0 bridgehead atoms. The van der Waals surface area contributed by atoms with Gasteiger partial charge in [0.25, 0.3) is 0 Å². The van der Waals surface area contributed by atoms with Crippen molar-refractivity contribution in [2.75, 3.05) is 20.3 Å². The molecule has 28 heavy (non-hydrogen) atoms. The number of nitrogens with one attached hydrogen (secondary N) is 1. The van der Waals surface area contributed by atoms with E-state index >= 15 is 0 Å². The van der Waals surface area contributed by atoms with Crippen LogP contribution in [0.5, 0.6) is 5.75 Å². The first-order chi connectivity index (χ1) is 13.3. The number of rotatable bonds is 5. The maximum atomic E-state index is 12.8. The first kappa shape index (κ1) is 20.9. The number of ether oxygens (including phenoxy) is 1. The average Bonchev–Trinajstić information content (AvgIpc) is 3.16. The van der Waals surface area contributed by atoms with Crippen molar-refractivity contribution >= 4 is 5.91 Å². The molecular formula is C20H27F3N2O3. The molecule has 0 aromatic heterocycles. The highest BCUT2D eigenvalue weighted by molar-refractivity contribution is 5.79. The number of hydrogen-bond donors (Lipinski definition) is 2. The van der Waals surface area contributed by atoms with Crippen LogP contribution in [0, 0.1) is 5.92 Å². The van der Waals surface area contributed by atoms with Crippen LogP contribution in [0.2, 0.25) is 0 Å². The van der Waals surface area contributed by atoms with Gasteiger partial charge in [0.05, 0.1) is 5.56 Å². The number of benzene rings is 1. The summed E-state index contributed by atoms with van der Waals surface area (Å²) in [5.41, 5.74) is -0.773. The number of amides is 1. The van der Waals surface area contributed by atoms with Crippen molar-refractivity contribution in [1.82, 2.24) is 10.2 Å². The Morgan fingerprint density at radius 3 is 2.61 bits per heavy atom. The predicted molar refractivity (Wildman–Crippen MR) is 97.7 cm³/mol. The van der Waals surface area contributed by atoms with Crippen LogP contribution in [0.1, 0.15) is 43.2 Å². The number of aromatic hydroxyl groups is 1. The lowest BCUT2D eigenvalue weighted by molar-refractivity contribution is -0.137. The van der Waals surface area contributed by atoms with Crippen LogP contribution < -0.4 is 5.32 Å². The second-order valence-corrected chi connectivity index (χ2v) is 7.73. The second-order valence-electron chi connectivity index (χ2n) is 7.73. The van der Waals surface area contributed by atoms with E-state index in [1.165, 1.54) is 0 Å². The molecule has 1 saturated heterocycles. The smallest absolute Gasteiger partial charge is 0.416 e. The van der Waals surface area contributed by atoms with E-state index in [9.17, 15) is 23.1 Å². The molecule has 1 amide bonds. The van der Waals surface area contributed by atoms with Gasteiger partial charge in [-0.3, -0.25) is 4.79 Å². The Labute approximate surface area is 162 Å². The molecule has 2 aliphatic rings. The summed E-state index contributed by atoms with van der Waals surface area (Å²) < 4.78 is 43.9. The molecule has 1 aromatic carbocycles. The van der Waals surface area contributed by atoms with Crippen LogP contribution in [0.25, 0.3) is 0 Å². The quantitative estimate of drug-likeness (QED) is 0.796. The normalized spacial score (nSPS) is 23.9. The van der Waals surface area contributed by atoms with Gasteiger partial charge < -0.3 is 20.1 Å². The summed E-state index contributed by atoms with van der Waals surface area (Å²) in [7, 11) is 2.10. The topological polar surface area (TPSA) is 61.8 Å². The number of hydrogen-bond acceptors (Lipinski definition) is 4. The van der Waals surface area contributed by atoms with E-state index in [1.54, 1.807) is 0 Å². The van der Waals surface area contributed by atoms with Gasteiger partial charge in [0.1, 0.15) is 5.75 Å². The summed E-state index contributed by atoms with van der Waals surface area (Å²) in [4.78, 5) is 14.9. The highest BCUT2D eigenvalue weighted by Gasteiger charge is 2.35. The number of phenols is 1. The lowest BCUT2D eigenvalue weighted by Crippen LogP contribution is -2.42. The Morgan fingerprint density at radius 2 is 1.93 bits per heavy atom. The van der Waals surface area contributed by atoms with E-state index in [2.05, 4.69) is 17.3 Å². The molecule has 2 N–H and O–H groups in total. The van der Waals surface area contributed by atoms with Crippen molar-refractivity contribution in [3.8, 4) is 5.75 Å². The number of nitrogens with zero attached hydrogens (tertiary/aromatic N) is 1. The van der Waals surface area contributed by atoms with Crippen LogP contribution >= 0.6 is 0 Å². The van der Waals surface area contributed by atoms with Gasteiger partial charge in [-0.2, -0.15) is 13.2 Å². The zero-order valence-corrected chi connectivity index (χ0v) is 16.0. The molecule has 2 fully saturated rings. The molecule has 1 unspecified atom stereocenters. The van der Waals surface area contributed by atoms with E-state index in [4.69, 9.17) is 4.74 Å². The molecule has 2 atom stereocenters. The summed E-state index contributed by atoms with van der Waals surface area (Å²) in [5, 5.41) is 12.5. The van der Waals surface area contributed by atoms with Gasteiger partial charge >= 0.3 is 6.18 Å². The van der Waals surface area contributed by atoms with Crippen molar-refractivity contribution < 1.29 is 27.8 Å². The average molecular weight is 400 g/mol. The van der Waals surface area contributed by atoms with Crippen molar-refractivity contribution in [3.63, 3.8) is 0 Å². The van der Waals surface area contributed by atoms with Gasteiger partial charge in [-0.25, -0.2) is 0 Å². The molecule has 5 nitrogen and oxygen atoms in total. The van der Waals surface area contributed by atoms with E-state index in [1.807, 2.05) is 0 Å². The van der Waals surface area contributed by atoms with Gasteiger partial charge in [-0.05, 0) is 57.4 Å². The summed E-state index contributed by atoms with van der Waals surface area (Å²) in [6, 6.07) is 3.53. The minimum absolute atomic E-state index is 0.0667. The molecule has 0 radical (unpaired) electrons. The SMILES string of the molecule is CN(C1CCOCC1)[C@@H]1CCC(C(=O)NCc2cc(C(F)(F)F)ccc2O)C1. The summed E-state index contributed by atoms with van der Waals surface area (Å²) in [6.07, 6.45) is -0.0507. The fourth-order valence-corrected chi connectivity index (χ4v) is 4.19. The van der Waals surface area contributed by atoms with E-state index in [0.717, 1.165) is 63.5 Å². The number of alkyl halides is 3. The first-order valence-electron chi connectivity index (χ1n) is 9.72. The molecular weight excluding hydrogens is 373 g/mol. The Morgan fingerprint density at radius 1 is 1.21 bits per heavy atom. The minimum Gasteiger partial charge on any atom is -0.508 e. The Balaban J connectivity index is 1.53. The number of phenolic OH excluding ortho intramolecular Hbond substituents is 1. The van der Waals surface area contributed by atoms with Crippen LogP contribution in [0.3, 0.4) is 0 Å². The van der Waals surface area contributed by atoms with E-state index < -0.39 is 11.7 Å². The molecule has 1 aliphatic heterocycles. The maximum Gasteiger partial charge on any atom is 0.416 e. The van der Waals surface area contributed by atoms with Crippen molar-refractivity contribution in [2.24, 2.45) is 5.92 Å². The number of carbonyl (C=O) groups excluding carboxylic acids is 1. The molecule has 1 saturated carbocycles. The fraction of sp³-hybridized carbons (Fsp3) is 0.650. The zero-order valence-electron chi connectivity index (χ0n) is 16.0. The van der Waals surface area contributed by atoms with Crippen LogP contribution in [-0.2, 0) is 22.3 Å². The third kappa shape index (κ3) is 4.97. The van der Waals surface area contributed by atoms with Gasteiger partial charge in [0.2, 0.25) is 5.91 Å². The molecule has 0 spiro atoms. The highest BCUT2D eigenvalue weighted by atomic mass is 19.4. The third-order valence-corrected chi connectivity index (χ3v) is 5.98. The molecule has 1 aliphatic carbocycles. The van der Waals surface area contributed by atoms with E-state index in [0.29, 0.717) is 12.1 Å². The molecule has 3 rings (SSSR count). The van der Waals surface area contributed by atoms with Crippen molar-refractivity contribution in [1.29, 1.82) is 0 Å². The summed E-state index contributed by atoms with van der Waals surface area (Å²) in [6.45, 7) is 1.42. The standard InChI is InChI=1S/C20H27F3N2O3/c1-25(16-6-8-28-9-7-16)17-4-2-13(11-17)19(27)24-12-14-10-15(20(21,22)23)3-5-18(14)26/h3,5,10,13,16-17,26H,2,4,6-9,11-12H2,1H3,(H,24,27)/t13?,17-/m1/s1. The van der Waals surface area contributed by atoms with Gasteiger partial charge in [-0.15, -0.1) is 0 Å². The van der Waals surface area contributed by atoms with Crippen molar-refractivity contribution in [2.45, 2.75) is 56.9 Å². The van der Waals surface area contributed by atoms with Crippen molar-refractivity contribution in [3.05, 3.63) is 29.3 Å². The van der Waals surface area contributed by atoms with Crippen LogP contribution in [0.15, 0.2) is 18.2 Å². The minimum atomic E-state index is -4.49. The maximum absolute atomic E-state index is 12.8. The lowest BCUT2D eigenvalue weighted by Gasteiger charge is -2.35. The lowest BCUT2D eigenvalue weighted by atomic mass is 10.0. The zero-order chi connectivity index (χ0) is 20.3. The number of carbonyl (C=O) groups is 1. The van der Waals surface area contributed by atoms with E-state index in [-0.39, 0.29) is 29.7 Å². The summed E-state index contributed by atoms with van der Waals surface area (Å²) >= 11 is 0. The molecule has 1 aromatic rings. The van der Waals surface area contributed by atoms with Gasteiger partial charge in [0.15, 0.2) is 0 Å². The Hall–Kier alpha value is -1.80. The first-order valence-corrected chi connectivity index (χ1v) is 9.72. The van der Waals surface area contributed by atoms with Crippen LogP contribution in [0.4, 0.5) is 13.2 Å². The van der Waals surface area contributed by atoms with Gasteiger partial charge in [0, 0.05) is 43.3 Å². The second kappa shape index (κ2) is 8.69. The predicted octanol–water partition coefficient (Wildman–Crippen LogP) is 3.31. The fourth-order valence-electron chi connectivity index (χ4n) is 4.19. The molecule has 8 heteroatoms. The largest absolute Gasteiger partial charge is 0.508 e. The Bertz CT molecular complexity index is 690.